The van der Waals surface area contributed by atoms with Crippen molar-refractivity contribution in [2.75, 3.05) is 25.0 Å². The maximum absolute atomic E-state index is 11.7. The third-order valence-corrected chi connectivity index (χ3v) is 4.94. The lowest BCUT2D eigenvalue weighted by Crippen LogP contribution is -2.43. The maximum atomic E-state index is 11.7. The minimum atomic E-state index is -1.31. The number of carbonyl (C=O) groups excluding carboxylic acids is 1. The first kappa shape index (κ1) is 23.1. The highest BCUT2D eigenvalue weighted by molar-refractivity contribution is 7.80. The van der Waals surface area contributed by atoms with Gasteiger partial charge < -0.3 is 41.5 Å². The Morgan fingerprint density at radius 3 is 2.68 bits per heavy atom. The molecule has 0 spiro atoms. The second-order valence-electron chi connectivity index (χ2n) is 6.85. The Bertz CT molecular complexity index is 958. The predicted molar refractivity (Wildman–Crippen MR) is 107 cm³/mol. The van der Waals surface area contributed by atoms with E-state index in [0.29, 0.717) is 5.52 Å². The van der Waals surface area contributed by atoms with Gasteiger partial charge in [-0.3, -0.25) is 14.2 Å². The molecule has 1 amide bonds. The topological polar surface area (TPSA) is 218 Å². The van der Waals surface area contributed by atoms with Crippen molar-refractivity contribution in [1.82, 2.24) is 24.8 Å². The van der Waals surface area contributed by atoms with Gasteiger partial charge in [-0.05, 0) is 0 Å². The third-order valence-electron chi connectivity index (χ3n) is 4.63. The summed E-state index contributed by atoms with van der Waals surface area (Å²) in [6.45, 7) is -0.140. The van der Waals surface area contributed by atoms with E-state index in [2.05, 4.69) is 38.2 Å². The number of ether oxygens (including phenoxy) is 1. The summed E-state index contributed by atoms with van der Waals surface area (Å²) >= 11 is 4.29. The number of rotatable bonds is 9. The van der Waals surface area contributed by atoms with Crippen molar-refractivity contribution in [3.63, 3.8) is 0 Å². The molecule has 0 bridgehead atoms. The van der Waals surface area contributed by atoms with Gasteiger partial charge >= 0.3 is 5.97 Å². The molecule has 14 nitrogen and oxygen atoms in total. The lowest BCUT2D eigenvalue weighted by atomic mass is 10.1. The van der Waals surface area contributed by atoms with Crippen LogP contribution in [0.2, 0.25) is 0 Å². The maximum Gasteiger partial charge on any atom is 0.305 e. The fraction of sp³-hybridized carbons (Fsp3) is 0.562. The van der Waals surface area contributed by atoms with E-state index >= 15 is 0 Å². The molecule has 5 atom stereocenters. The Balaban J connectivity index is 1.67. The number of nitrogens with one attached hydrogen (secondary N) is 2. The summed E-state index contributed by atoms with van der Waals surface area (Å²) in [4.78, 5) is 34.9. The van der Waals surface area contributed by atoms with Crippen LogP contribution in [0.4, 0.5) is 5.95 Å². The Morgan fingerprint density at radius 2 is 2.03 bits per heavy atom. The number of carboxylic acid groups (broad SMARTS) is 1. The van der Waals surface area contributed by atoms with Gasteiger partial charge in [-0.2, -0.15) is 4.98 Å². The van der Waals surface area contributed by atoms with Crippen LogP contribution in [0.5, 0.6) is 0 Å². The predicted octanol–water partition coefficient (Wildman–Crippen LogP) is -2.94. The molecule has 1 fully saturated rings. The minimum absolute atomic E-state index is 0.129. The van der Waals surface area contributed by atoms with Crippen LogP contribution in [-0.4, -0.2) is 95.9 Å². The highest BCUT2D eigenvalue weighted by atomic mass is 32.1. The number of carbonyl (C=O) groups is 2. The number of nitrogens with zero attached hydrogens (tertiary/aromatic N) is 4. The first-order chi connectivity index (χ1) is 14.7. The van der Waals surface area contributed by atoms with Crippen molar-refractivity contribution in [3.05, 3.63) is 6.33 Å². The highest BCUT2D eigenvalue weighted by Gasteiger charge is 2.44. The molecular formula is C16H23N7O7S. The van der Waals surface area contributed by atoms with Gasteiger partial charge in [0.25, 0.3) is 0 Å². The molecule has 3 rings (SSSR count). The van der Waals surface area contributed by atoms with Crippen molar-refractivity contribution >= 4 is 41.6 Å². The Kier molecular flexibility index (Phi) is 7.24. The fourth-order valence-electron chi connectivity index (χ4n) is 3.05. The van der Waals surface area contributed by atoms with Gasteiger partial charge in [-0.15, -0.1) is 12.6 Å². The molecule has 0 saturated carbocycles. The number of carboxylic acids is 1. The number of aliphatic hydroxyl groups is 3. The summed E-state index contributed by atoms with van der Waals surface area (Å²) in [6, 6.07) is -1.15. The molecule has 31 heavy (non-hydrogen) atoms. The van der Waals surface area contributed by atoms with Crippen LogP contribution in [0.15, 0.2) is 11.4 Å². The average molecular weight is 457 g/mol. The monoisotopic (exact) mass is 457 g/mol. The summed E-state index contributed by atoms with van der Waals surface area (Å²) in [5.41, 5.74) is 6.08. The highest BCUT2D eigenvalue weighted by Crippen LogP contribution is 2.32. The quantitative estimate of drug-likeness (QED) is 0.108. The summed E-state index contributed by atoms with van der Waals surface area (Å²) < 4.78 is 6.91. The number of amides is 1. The summed E-state index contributed by atoms with van der Waals surface area (Å²) in [5, 5.41) is 43.8. The largest absolute Gasteiger partial charge is 0.481 e. The zero-order valence-electron chi connectivity index (χ0n) is 16.1. The molecule has 8 N–H and O–H groups in total. The van der Waals surface area contributed by atoms with Gasteiger partial charge in [0.05, 0.1) is 25.4 Å². The first-order valence-electron chi connectivity index (χ1n) is 9.27. The van der Waals surface area contributed by atoms with Crippen LogP contribution in [0.1, 0.15) is 12.6 Å². The first-order valence-corrected chi connectivity index (χ1v) is 9.72. The second kappa shape index (κ2) is 9.71. The zero-order chi connectivity index (χ0) is 22.7. The van der Waals surface area contributed by atoms with Crippen molar-refractivity contribution in [3.8, 4) is 0 Å². The van der Waals surface area contributed by atoms with E-state index in [4.69, 9.17) is 15.6 Å². The molecule has 1 saturated heterocycles. The van der Waals surface area contributed by atoms with Gasteiger partial charge in [0.1, 0.15) is 28.9 Å². The number of hydrogen-bond acceptors (Lipinski definition) is 12. The molecule has 0 aromatic carbocycles. The van der Waals surface area contributed by atoms with Gasteiger partial charge in [0.15, 0.2) is 11.9 Å². The molecule has 15 heteroatoms. The number of aromatic nitrogens is 4. The molecule has 1 aliphatic heterocycles. The number of aliphatic carboxylic acids is 1. The fourth-order valence-corrected chi connectivity index (χ4v) is 3.30. The number of imidazole rings is 1. The number of hydrogen-bond donors (Lipinski definition) is 8. The normalized spacial score (nSPS) is 24.3. The van der Waals surface area contributed by atoms with Crippen molar-refractivity contribution in [2.45, 2.75) is 42.0 Å². The lowest BCUT2D eigenvalue weighted by molar-refractivity contribution is -0.139. The molecular weight excluding hydrogens is 434 g/mol. The Morgan fingerprint density at radius 1 is 1.29 bits per heavy atom. The number of aliphatic hydroxyl groups excluding tert-OH is 3. The summed E-state index contributed by atoms with van der Waals surface area (Å²) in [6.07, 6.45) is -3.70. The molecule has 2 aromatic heterocycles. The van der Waals surface area contributed by atoms with Gasteiger partial charge in [0.2, 0.25) is 11.9 Å². The molecule has 2 aromatic rings. The van der Waals surface area contributed by atoms with Crippen molar-refractivity contribution in [2.24, 2.45) is 5.73 Å². The van der Waals surface area contributed by atoms with Gasteiger partial charge in [0, 0.05) is 13.1 Å². The van der Waals surface area contributed by atoms with Crippen LogP contribution in [0.25, 0.3) is 11.2 Å². The van der Waals surface area contributed by atoms with E-state index in [1.165, 1.54) is 10.9 Å². The van der Waals surface area contributed by atoms with Crippen LogP contribution in [0, 0.1) is 0 Å². The average Bonchev–Trinajstić information content (AvgIpc) is 3.26. The second-order valence-corrected chi connectivity index (χ2v) is 7.27. The standard InChI is InChI=1S/C16H23N7O7S/c17-6(3-8(25)26)13(29)18-1-2-19-16-21-12-9(14(31)22-16)20-5-23(12)15-11(28)10(27)7(4-24)30-15/h5-7,10-11,15,24,27-28H,1-4,17H2,(H,18,29)(H,25,26)(H2,19,21,22,31)/t6?,7-,10?,11?,15-/m1/s1. The summed E-state index contributed by atoms with van der Waals surface area (Å²) in [5.74, 6) is -1.62. The van der Waals surface area contributed by atoms with E-state index in [1.54, 1.807) is 0 Å². The molecule has 3 unspecified atom stereocenters. The van der Waals surface area contributed by atoms with Crippen molar-refractivity contribution in [1.29, 1.82) is 0 Å². The number of anilines is 1. The zero-order valence-corrected chi connectivity index (χ0v) is 17.0. The number of thiol groups is 1. The SMILES string of the molecule is NC(CC(=O)O)C(=O)NCCNc1nc(S)c2ncn([C@@H]3O[C@H](CO)C(O)C3O)c2n1. The third kappa shape index (κ3) is 5.03. The van der Waals surface area contributed by atoms with Gasteiger partial charge in [-0.1, -0.05) is 0 Å². The molecule has 3 heterocycles. The van der Waals surface area contributed by atoms with E-state index in [-0.39, 0.29) is 29.7 Å². The molecule has 0 aliphatic carbocycles. The Labute approximate surface area is 180 Å². The lowest BCUT2D eigenvalue weighted by Gasteiger charge is -2.17. The van der Waals surface area contributed by atoms with Gasteiger partial charge in [-0.25, -0.2) is 9.97 Å². The Hall–Kier alpha value is -2.56. The summed E-state index contributed by atoms with van der Waals surface area (Å²) in [7, 11) is 0. The van der Waals surface area contributed by atoms with Crippen LogP contribution >= 0.6 is 12.6 Å². The van der Waals surface area contributed by atoms with E-state index in [0.717, 1.165) is 0 Å². The van der Waals surface area contributed by atoms with Crippen molar-refractivity contribution < 1.29 is 34.8 Å². The van der Waals surface area contributed by atoms with E-state index in [9.17, 15) is 24.9 Å². The molecule has 1 aliphatic rings. The minimum Gasteiger partial charge on any atom is -0.481 e. The van der Waals surface area contributed by atoms with E-state index in [1.807, 2.05) is 0 Å². The smallest absolute Gasteiger partial charge is 0.305 e. The van der Waals surface area contributed by atoms with Crippen LogP contribution in [0.3, 0.4) is 0 Å². The molecule has 0 radical (unpaired) electrons. The van der Waals surface area contributed by atoms with Crippen LogP contribution in [-0.2, 0) is 14.3 Å². The van der Waals surface area contributed by atoms with Crippen LogP contribution < -0.4 is 16.4 Å². The van der Waals surface area contributed by atoms with E-state index < -0.39 is 55.5 Å². The molecule has 170 valence electrons. The number of fused-ring (bicyclic) bond motifs is 1. The number of nitrogens with two attached hydrogens (primary N) is 1.